The molecule has 0 aliphatic carbocycles. The molecule has 0 spiro atoms. The van der Waals surface area contributed by atoms with Crippen LogP contribution < -0.4 is 9.47 Å². The van der Waals surface area contributed by atoms with Crippen molar-refractivity contribution < 1.29 is 28.4 Å². The number of nitro groups is 1. The zero-order valence-electron chi connectivity index (χ0n) is 13.2. The van der Waals surface area contributed by atoms with Gasteiger partial charge in [-0.3, -0.25) is 19.7 Å². The quantitative estimate of drug-likeness (QED) is 0.345. The molecule has 8 heteroatoms. The summed E-state index contributed by atoms with van der Waals surface area (Å²) in [6, 6.07) is 8.75. The van der Waals surface area contributed by atoms with Gasteiger partial charge in [-0.1, -0.05) is 0 Å². The molecular weight excluding hydrogens is 333 g/mol. The molecule has 2 aromatic rings. The monoisotopic (exact) mass is 347 g/mol. The minimum Gasteiger partial charge on any atom is -0.427 e. The number of esters is 2. The predicted molar refractivity (Wildman–Crippen MR) is 84.8 cm³/mol. The van der Waals surface area contributed by atoms with Crippen LogP contribution in [0.15, 0.2) is 42.5 Å². The number of rotatable bonds is 6. The van der Waals surface area contributed by atoms with Gasteiger partial charge in [-0.15, -0.1) is 0 Å². The Balaban J connectivity index is 2.06. The highest BCUT2D eigenvalue weighted by molar-refractivity contribution is 5.73. The SMILES string of the molecule is CC(=O)Oc1ccc([N+](=O)[O-])c(CCC(=O)Oc2ccc(F)cc2)c1. The second-order valence-electron chi connectivity index (χ2n) is 5.07. The Morgan fingerprint density at radius 3 is 2.32 bits per heavy atom. The van der Waals surface area contributed by atoms with Gasteiger partial charge in [-0.25, -0.2) is 4.39 Å². The lowest BCUT2D eigenvalue weighted by Crippen LogP contribution is -2.10. The minimum atomic E-state index is -0.626. The van der Waals surface area contributed by atoms with E-state index in [1.165, 1.54) is 37.3 Å². The molecule has 130 valence electrons. The molecule has 0 saturated carbocycles. The molecule has 0 unspecified atom stereocenters. The fourth-order valence-corrected chi connectivity index (χ4v) is 2.09. The Labute approximate surface area is 142 Å². The molecule has 0 aliphatic heterocycles. The topological polar surface area (TPSA) is 95.7 Å². The van der Waals surface area contributed by atoms with Gasteiger partial charge >= 0.3 is 11.9 Å². The number of carbonyl (C=O) groups is 2. The van der Waals surface area contributed by atoms with Crippen LogP contribution in [0.4, 0.5) is 10.1 Å². The third kappa shape index (κ3) is 5.38. The van der Waals surface area contributed by atoms with Crippen molar-refractivity contribution in [3.63, 3.8) is 0 Å². The van der Waals surface area contributed by atoms with E-state index in [0.717, 1.165) is 12.1 Å². The first-order chi connectivity index (χ1) is 11.8. The van der Waals surface area contributed by atoms with E-state index in [1.807, 2.05) is 0 Å². The van der Waals surface area contributed by atoms with Crippen molar-refractivity contribution in [1.29, 1.82) is 0 Å². The first-order valence-electron chi connectivity index (χ1n) is 7.27. The number of hydrogen-bond donors (Lipinski definition) is 0. The van der Waals surface area contributed by atoms with Gasteiger partial charge in [0.25, 0.3) is 5.69 Å². The van der Waals surface area contributed by atoms with Crippen LogP contribution in [-0.2, 0) is 16.0 Å². The van der Waals surface area contributed by atoms with E-state index in [0.29, 0.717) is 0 Å². The summed E-state index contributed by atoms with van der Waals surface area (Å²) in [7, 11) is 0. The number of carbonyl (C=O) groups excluding carboxylic acids is 2. The molecule has 0 atom stereocenters. The second-order valence-corrected chi connectivity index (χ2v) is 5.07. The number of aryl methyl sites for hydroxylation is 1. The van der Waals surface area contributed by atoms with Crippen molar-refractivity contribution in [2.24, 2.45) is 0 Å². The largest absolute Gasteiger partial charge is 0.427 e. The molecule has 25 heavy (non-hydrogen) atoms. The van der Waals surface area contributed by atoms with E-state index in [9.17, 15) is 24.1 Å². The van der Waals surface area contributed by atoms with Crippen molar-refractivity contribution in [2.45, 2.75) is 19.8 Å². The predicted octanol–water partition coefficient (Wildman–Crippen LogP) is 3.20. The smallest absolute Gasteiger partial charge is 0.311 e. The molecule has 0 radical (unpaired) electrons. The molecule has 0 bridgehead atoms. The lowest BCUT2D eigenvalue weighted by atomic mass is 10.1. The van der Waals surface area contributed by atoms with E-state index in [4.69, 9.17) is 9.47 Å². The molecular formula is C17H14FNO6. The highest BCUT2D eigenvalue weighted by Crippen LogP contribution is 2.25. The Morgan fingerprint density at radius 2 is 1.72 bits per heavy atom. The van der Waals surface area contributed by atoms with Crippen molar-refractivity contribution in [3.8, 4) is 11.5 Å². The highest BCUT2D eigenvalue weighted by Gasteiger charge is 2.17. The van der Waals surface area contributed by atoms with Crippen molar-refractivity contribution >= 4 is 17.6 Å². The fourth-order valence-electron chi connectivity index (χ4n) is 2.09. The Hall–Kier alpha value is -3.29. The average Bonchev–Trinajstić information content (AvgIpc) is 2.54. The summed E-state index contributed by atoms with van der Waals surface area (Å²) in [5.41, 5.74) is 0.0466. The van der Waals surface area contributed by atoms with Crippen molar-refractivity contribution in [1.82, 2.24) is 0 Å². The van der Waals surface area contributed by atoms with Crippen LogP contribution in [-0.4, -0.2) is 16.9 Å². The second kappa shape index (κ2) is 8.00. The van der Waals surface area contributed by atoms with Crippen LogP contribution in [0.1, 0.15) is 18.9 Å². The number of benzene rings is 2. The molecule has 0 saturated heterocycles. The van der Waals surface area contributed by atoms with Crippen LogP contribution in [0.25, 0.3) is 0 Å². The zero-order valence-corrected chi connectivity index (χ0v) is 13.2. The van der Waals surface area contributed by atoms with Crippen LogP contribution in [0, 0.1) is 15.9 Å². The van der Waals surface area contributed by atoms with Crippen LogP contribution in [0.2, 0.25) is 0 Å². The van der Waals surface area contributed by atoms with Crippen molar-refractivity contribution in [3.05, 3.63) is 64.0 Å². The molecule has 7 nitrogen and oxygen atoms in total. The van der Waals surface area contributed by atoms with Gasteiger partial charge in [0.2, 0.25) is 0 Å². The Kier molecular flexibility index (Phi) is 5.78. The van der Waals surface area contributed by atoms with Crippen molar-refractivity contribution in [2.75, 3.05) is 0 Å². The number of ether oxygens (including phenoxy) is 2. The molecule has 0 N–H and O–H groups in total. The molecule has 2 aromatic carbocycles. The summed E-state index contributed by atoms with van der Waals surface area (Å²) in [4.78, 5) is 33.3. The van der Waals surface area contributed by atoms with Crippen LogP contribution in [0.5, 0.6) is 11.5 Å². The third-order valence-electron chi connectivity index (χ3n) is 3.15. The van der Waals surface area contributed by atoms with Gasteiger partial charge in [-0.2, -0.15) is 0 Å². The lowest BCUT2D eigenvalue weighted by Gasteiger charge is -2.07. The van der Waals surface area contributed by atoms with Crippen LogP contribution in [0.3, 0.4) is 0 Å². The number of nitro benzene ring substituents is 1. The van der Waals surface area contributed by atoms with Gasteiger partial charge in [-0.05, 0) is 42.8 Å². The first-order valence-corrected chi connectivity index (χ1v) is 7.27. The Bertz CT molecular complexity index is 803. The van der Waals surface area contributed by atoms with Crippen LogP contribution >= 0.6 is 0 Å². The number of hydrogen-bond acceptors (Lipinski definition) is 6. The minimum absolute atomic E-state index is 0.0193. The Morgan fingerprint density at radius 1 is 1.08 bits per heavy atom. The number of nitrogens with zero attached hydrogens (tertiary/aromatic N) is 1. The standard InChI is InChI=1S/C17H14FNO6/c1-11(20)24-15-7-8-16(19(22)23)12(10-15)2-9-17(21)25-14-5-3-13(18)4-6-14/h3-8,10H,2,9H2,1H3. The molecule has 0 aromatic heterocycles. The maximum absolute atomic E-state index is 12.8. The van der Waals surface area contributed by atoms with E-state index in [-0.39, 0.29) is 35.6 Å². The van der Waals surface area contributed by atoms with E-state index in [2.05, 4.69) is 0 Å². The summed E-state index contributed by atoms with van der Waals surface area (Å²) >= 11 is 0. The van der Waals surface area contributed by atoms with E-state index < -0.39 is 22.7 Å². The lowest BCUT2D eigenvalue weighted by molar-refractivity contribution is -0.385. The summed E-state index contributed by atoms with van der Waals surface area (Å²) in [6.07, 6.45) is -0.118. The normalized spacial score (nSPS) is 10.2. The third-order valence-corrected chi connectivity index (χ3v) is 3.15. The van der Waals surface area contributed by atoms with E-state index >= 15 is 0 Å². The zero-order chi connectivity index (χ0) is 18.4. The van der Waals surface area contributed by atoms with Gasteiger partial charge in [0, 0.05) is 18.6 Å². The molecule has 0 amide bonds. The van der Waals surface area contributed by atoms with Gasteiger partial charge < -0.3 is 9.47 Å². The molecule has 0 fully saturated rings. The van der Waals surface area contributed by atoms with Gasteiger partial charge in [0.15, 0.2) is 0 Å². The maximum atomic E-state index is 12.8. The van der Waals surface area contributed by atoms with E-state index in [1.54, 1.807) is 0 Å². The van der Waals surface area contributed by atoms with Gasteiger partial charge in [0.1, 0.15) is 17.3 Å². The molecule has 2 rings (SSSR count). The average molecular weight is 347 g/mol. The first kappa shape index (κ1) is 18.1. The highest BCUT2D eigenvalue weighted by atomic mass is 19.1. The summed E-state index contributed by atoms with van der Waals surface area (Å²) in [6.45, 7) is 1.21. The summed E-state index contributed by atoms with van der Waals surface area (Å²) < 4.78 is 22.7. The number of halogens is 1. The van der Waals surface area contributed by atoms with Gasteiger partial charge in [0.05, 0.1) is 11.3 Å². The maximum Gasteiger partial charge on any atom is 0.311 e. The fraction of sp³-hybridized carbons (Fsp3) is 0.176. The summed E-state index contributed by atoms with van der Waals surface area (Å²) in [5.74, 6) is -1.32. The molecule has 0 heterocycles. The molecule has 0 aliphatic rings. The summed E-state index contributed by atoms with van der Waals surface area (Å²) in [5, 5.41) is 11.1.